The monoisotopic (exact) mass is 253 g/mol. The number of alkyl halides is 3. The van der Waals surface area contributed by atoms with Gasteiger partial charge in [-0.2, -0.15) is 13.2 Å². The van der Waals surface area contributed by atoms with Gasteiger partial charge in [-0.15, -0.1) is 0 Å². The Labute approximate surface area is 96.2 Å². The summed E-state index contributed by atoms with van der Waals surface area (Å²) in [5.74, 6) is -3.22. The highest BCUT2D eigenvalue weighted by atomic mass is 19.4. The van der Waals surface area contributed by atoms with Gasteiger partial charge in [0.1, 0.15) is 0 Å². The van der Waals surface area contributed by atoms with Crippen molar-refractivity contribution in [2.45, 2.75) is 38.3 Å². The van der Waals surface area contributed by atoms with Gasteiger partial charge in [0, 0.05) is 6.54 Å². The first kappa shape index (κ1) is 13.8. The molecule has 98 valence electrons. The van der Waals surface area contributed by atoms with Crippen LogP contribution < -0.4 is 5.32 Å². The highest BCUT2D eigenvalue weighted by Crippen LogP contribution is 2.36. The van der Waals surface area contributed by atoms with Gasteiger partial charge in [0.25, 0.3) is 0 Å². The first-order chi connectivity index (χ1) is 7.78. The molecule has 4 nitrogen and oxygen atoms in total. The summed E-state index contributed by atoms with van der Waals surface area (Å²) < 4.78 is 35.9. The summed E-state index contributed by atoms with van der Waals surface area (Å²) in [6.45, 7) is -0.458. The summed E-state index contributed by atoms with van der Waals surface area (Å²) in [5, 5.41) is 10.7. The fraction of sp³-hybridized carbons (Fsp3) is 0.800. The van der Waals surface area contributed by atoms with Crippen LogP contribution in [0.1, 0.15) is 32.1 Å². The van der Waals surface area contributed by atoms with Crippen molar-refractivity contribution in [3.63, 3.8) is 0 Å². The molecule has 1 rings (SSSR count). The largest absolute Gasteiger partial charge is 0.481 e. The summed E-state index contributed by atoms with van der Waals surface area (Å²) in [5.41, 5.74) is -1.24. The van der Waals surface area contributed by atoms with Crippen molar-refractivity contribution >= 4 is 11.9 Å². The highest BCUT2D eigenvalue weighted by Gasteiger charge is 2.43. The third kappa shape index (κ3) is 3.34. The Morgan fingerprint density at radius 3 is 2.12 bits per heavy atom. The fourth-order valence-corrected chi connectivity index (χ4v) is 2.04. The number of carboxylic acids is 1. The molecule has 1 aliphatic carbocycles. The van der Waals surface area contributed by atoms with E-state index in [1.807, 2.05) is 0 Å². The average molecular weight is 253 g/mol. The number of rotatable bonds is 3. The Bertz CT molecular complexity index is 308. The molecule has 0 aromatic heterocycles. The van der Waals surface area contributed by atoms with Crippen molar-refractivity contribution in [2.75, 3.05) is 6.54 Å². The van der Waals surface area contributed by atoms with Gasteiger partial charge in [0.05, 0.1) is 5.41 Å². The summed E-state index contributed by atoms with van der Waals surface area (Å²) >= 11 is 0. The lowest BCUT2D eigenvalue weighted by Gasteiger charge is -2.33. The lowest BCUT2D eigenvalue weighted by atomic mass is 9.74. The van der Waals surface area contributed by atoms with E-state index in [0.717, 1.165) is 6.42 Å². The molecule has 1 fully saturated rings. The molecule has 0 atom stereocenters. The second-order valence-electron chi connectivity index (χ2n) is 4.33. The number of nitrogens with one attached hydrogen (secondary N) is 1. The molecule has 0 aromatic carbocycles. The zero-order chi connectivity index (χ0) is 13.1. The summed E-state index contributed by atoms with van der Waals surface area (Å²) in [6.07, 6.45) is -2.15. The van der Waals surface area contributed by atoms with E-state index in [1.165, 1.54) is 0 Å². The summed E-state index contributed by atoms with van der Waals surface area (Å²) in [6, 6.07) is 0. The molecule has 0 bridgehead atoms. The second kappa shape index (κ2) is 4.93. The topological polar surface area (TPSA) is 66.4 Å². The van der Waals surface area contributed by atoms with Gasteiger partial charge in [-0.25, -0.2) is 0 Å². The van der Waals surface area contributed by atoms with Crippen molar-refractivity contribution in [1.82, 2.24) is 5.32 Å². The first-order valence-electron chi connectivity index (χ1n) is 5.36. The Morgan fingerprint density at radius 2 is 1.71 bits per heavy atom. The third-order valence-electron chi connectivity index (χ3n) is 3.11. The maximum Gasteiger partial charge on any atom is 0.471 e. The number of amides is 1. The van der Waals surface area contributed by atoms with Crippen LogP contribution in [0, 0.1) is 5.41 Å². The van der Waals surface area contributed by atoms with E-state index in [-0.39, 0.29) is 0 Å². The van der Waals surface area contributed by atoms with Crippen LogP contribution in [0.2, 0.25) is 0 Å². The number of carbonyl (C=O) groups is 2. The molecule has 0 saturated heterocycles. The molecule has 1 amide bonds. The van der Waals surface area contributed by atoms with Gasteiger partial charge in [-0.05, 0) is 12.8 Å². The second-order valence-corrected chi connectivity index (χ2v) is 4.33. The number of hydrogen-bond donors (Lipinski definition) is 2. The van der Waals surface area contributed by atoms with Crippen molar-refractivity contribution in [2.24, 2.45) is 5.41 Å². The van der Waals surface area contributed by atoms with E-state index < -0.39 is 30.0 Å². The Morgan fingerprint density at radius 1 is 1.18 bits per heavy atom. The standard InChI is InChI=1S/C10H14F3NO3/c11-10(12,13)7(15)14-6-9(8(16)17)4-2-1-3-5-9/h1-6H2,(H,14,15)(H,16,17). The Kier molecular flexibility index (Phi) is 4.00. The molecule has 0 heterocycles. The Balaban J connectivity index is 2.63. The average Bonchev–Trinajstić information content (AvgIpc) is 2.25. The van der Waals surface area contributed by atoms with Gasteiger partial charge in [0.2, 0.25) is 0 Å². The van der Waals surface area contributed by atoms with Gasteiger partial charge in [-0.1, -0.05) is 19.3 Å². The molecule has 7 heteroatoms. The van der Waals surface area contributed by atoms with E-state index >= 15 is 0 Å². The SMILES string of the molecule is O=C(NCC1(C(=O)O)CCCCC1)C(F)(F)F. The fourth-order valence-electron chi connectivity index (χ4n) is 2.04. The quantitative estimate of drug-likeness (QED) is 0.804. The van der Waals surface area contributed by atoms with Crippen molar-refractivity contribution in [3.8, 4) is 0 Å². The van der Waals surface area contributed by atoms with Crippen molar-refractivity contribution < 1.29 is 27.9 Å². The molecule has 0 radical (unpaired) electrons. The lowest BCUT2D eigenvalue weighted by molar-refractivity contribution is -0.174. The number of halogens is 3. The van der Waals surface area contributed by atoms with Crippen LogP contribution in [0.5, 0.6) is 0 Å². The molecular formula is C10H14F3NO3. The zero-order valence-corrected chi connectivity index (χ0v) is 9.14. The highest BCUT2D eigenvalue weighted by molar-refractivity contribution is 5.83. The molecule has 0 aromatic rings. The van der Waals surface area contributed by atoms with Gasteiger partial charge < -0.3 is 10.4 Å². The molecule has 0 spiro atoms. The van der Waals surface area contributed by atoms with E-state index in [9.17, 15) is 22.8 Å². The minimum atomic E-state index is -4.96. The first-order valence-corrected chi connectivity index (χ1v) is 5.36. The predicted molar refractivity (Wildman–Crippen MR) is 52.2 cm³/mol. The zero-order valence-electron chi connectivity index (χ0n) is 9.14. The minimum absolute atomic E-state index is 0.306. The maximum absolute atomic E-state index is 12.0. The molecule has 1 saturated carbocycles. The smallest absolute Gasteiger partial charge is 0.471 e. The minimum Gasteiger partial charge on any atom is -0.481 e. The van der Waals surface area contributed by atoms with Gasteiger partial charge in [0.15, 0.2) is 0 Å². The maximum atomic E-state index is 12.0. The van der Waals surface area contributed by atoms with E-state index in [0.29, 0.717) is 25.7 Å². The van der Waals surface area contributed by atoms with Gasteiger partial charge in [-0.3, -0.25) is 9.59 Å². The van der Waals surface area contributed by atoms with E-state index in [1.54, 1.807) is 5.32 Å². The number of hydrogen-bond acceptors (Lipinski definition) is 2. The van der Waals surface area contributed by atoms with Crippen molar-refractivity contribution in [1.29, 1.82) is 0 Å². The summed E-state index contributed by atoms with van der Waals surface area (Å²) in [4.78, 5) is 21.7. The molecule has 0 aliphatic heterocycles. The van der Waals surface area contributed by atoms with Crippen LogP contribution in [-0.2, 0) is 9.59 Å². The molecule has 0 unspecified atom stereocenters. The van der Waals surface area contributed by atoms with Crippen LogP contribution in [-0.4, -0.2) is 29.7 Å². The van der Waals surface area contributed by atoms with Crippen LogP contribution in [0.25, 0.3) is 0 Å². The molecule has 2 N–H and O–H groups in total. The van der Waals surface area contributed by atoms with E-state index in [4.69, 9.17) is 5.11 Å². The molecule has 17 heavy (non-hydrogen) atoms. The van der Waals surface area contributed by atoms with Crippen LogP contribution in [0.3, 0.4) is 0 Å². The predicted octanol–water partition coefficient (Wildman–Crippen LogP) is 1.70. The van der Waals surface area contributed by atoms with Crippen LogP contribution in [0.4, 0.5) is 13.2 Å². The third-order valence-corrected chi connectivity index (χ3v) is 3.11. The Hall–Kier alpha value is -1.27. The number of carbonyl (C=O) groups excluding carboxylic acids is 1. The normalized spacial score (nSPS) is 19.7. The van der Waals surface area contributed by atoms with Crippen LogP contribution >= 0.6 is 0 Å². The number of aliphatic carboxylic acids is 1. The number of carboxylic acid groups (broad SMARTS) is 1. The van der Waals surface area contributed by atoms with E-state index in [2.05, 4.69) is 0 Å². The molecule has 1 aliphatic rings. The molecular weight excluding hydrogens is 239 g/mol. The summed E-state index contributed by atoms with van der Waals surface area (Å²) in [7, 11) is 0. The van der Waals surface area contributed by atoms with Crippen molar-refractivity contribution in [3.05, 3.63) is 0 Å². The van der Waals surface area contributed by atoms with Gasteiger partial charge >= 0.3 is 18.1 Å². The van der Waals surface area contributed by atoms with Crippen LogP contribution in [0.15, 0.2) is 0 Å². The lowest BCUT2D eigenvalue weighted by Crippen LogP contribution is -2.47.